The fourth-order valence-corrected chi connectivity index (χ4v) is 1.63. The number of ether oxygens (including phenoxy) is 2. The van der Waals surface area contributed by atoms with Gasteiger partial charge in [-0.1, -0.05) is 0 Å². The van der Waals surface area contributed by atoms with E-state index in [0.717, 1.165) is 11.4 Å². The summed E-state index contributed by atoms with van der Waals surface area (Å²) >= 11 is 0. The van der Waals surface area contributed by atoms with Crippen LogP contribution in [0, 0.1) is 0 Å². The molecule has 0 saturated heterocycles. The van der Waals surface area contributed by atoms with Gasteiger partial charge in [-0.05, 0) is 52.0 Å². The highest BCUT2D eigenvalue weighted by Crippen LogP contribution is 2.16. The first-order valence-electron chi connectivity index (χ1n) is 7.46. The average Bonchev–Trinajstić information content (AvgIpc) is 2.43. The van der Waals surface area contributed by atoms with Crippen molar-refractivity contribution in [3.63, 3.8) is 0 Å². The van der Waals surface area contributed by atoms with Gasteiger partial charge in [0.05, 0.1) is 6.54 Å². The fraction of sp³-hybridized carbons (Fsp3) is 0.562. The molecule has 124 valence electrons. The molecule has 0 aromatic heterocycles. The van der Waals surface area contributed by atoms with E-state index in [1.54, 1.807) is 0 Å². The van der Waals surface area contributed by atoms with Gasteiger partial charge < -0.3 is 25.8 Å². The molecule has 0 aliphatic rings. The first-order chi connectivity index (χ1) is 10.3. The highest BCUT2D eigenvalue weighted by molar-refractivity contribution is 5.67. The molecular formula is C16H27N3O3. The number of alkyl carbamates (subject to hydrolysis) is 1. The molecule has 0 radical (unpaired) electrons. The Labute approximate surface area is 132 Å². The zero-order valence-corrected chi connectivity index (χ0v) is 13.8. The van der Waals surface area contributed by atoms with Crippen molar-refractivity contribution in [3.05, 3.63) is 24.3 Å². The number of benzene rings is 1. The number of anilines is 1. The Kier molecular flexibility index (Phi) is 6.98. The summed E-state index contributed by atoms with van der Waals surface area (Å²) in [7, 11) is 0. The summed E-state index contributed by atoms with van der Waals surface area (Å²) in [5.41, 5.74) is 6.07. The highest BCUT2D eigenvalue weighted by atomic mass is 16.6. The van der Waals surface area contributed by atoms with Crippen molar-refractivity contribution < 1.29 is 14.3 Å². The summed E-state index contributed by atoms with van der Waals surface area (Å²) < 4.78 is 10.7. The molecule has 6 heteroatoms. The summed E-state index contributed by atoms with van der Waals surface area (Å²) in [6, 6.07) is 7.84. The lowest BCUT2D eigenvalue weighted by Gasteiger charge is -2.19. The van der Waals surface area contributed by atoms with E-state index in [1.165, 1.54) is 0 Å². The molecule has 1 atom stereocenters. The van der Waals surface area contributed by atoms with Crippen molar-refractivity contribution in [2.75, 3.05) is 25.0 Å². The first kappa shape index (κ1) is 18.1. The van der Waals surface area contributed by atoms with E-state index in [2.05, 4.69) is 10.6 Å². The van der Waals surface area contributed by atoms with Gasteiger partial charge in [-0.15, -0.1) is 0 Å². The Balaban J connectivity index is 2.26. The first-order valence-corrected chi connectivity index (χ1v) is 7.46. The number of nitrogens with one attached hydrogen (secondary N) is 2. The van der Waals surface area contributed by atoms with E-state index in [9.17, 15) is 4.79 Å². The smallest absolute Gasteiger partial charge is 0.407 e. The van der Waals surface area contributed by atoms with Gasteiger partial charge in [0, 0.05) is 18.3 Å². The third kappa shape index (κ3) is 7.73. The molecule has 0 saturated carbocycles. The third-order valence-corrected chi connectivity index (χ3v) is 2.66. The van der Waals surface area contributed by atoms with Crippen LogP contribution in [0.2, 0.25) is 0 Å². The number of carbonyl (C=O) groups excluding carboxylic acids is 1. The molecule has 0 spiro atoms. The lowest BCUT2D eigenvalue weighted by Crippen LogP contribution is -2.34. The predicted molar refractivity (Wildman–Crippen MR) is 88.3 cm³/mol. The molecule has 6 nitrogen and oxygen atoms in total. The van der Waals surface area contributed by atoms with Gasteiger partial charge in [-0.2, -0.15) is 0 Å². The van der Waals surface area contributed by atoms with Crippen LogP contribution in [-0.4, -0.2) is 37.4 Å². The highest BCUT2D eigenvalue weighted by Gasteiger charge is 2.15. The number of amides is 1. The molecule has 1 unspecified atom stereocenters. The molecule has 0 heterocycles. The molecular weight excluding hydrogens is 282 g/mol. The lowest BCUT2D eigenvalue weighted by atomic mass is 10.2. The maximum Gasteiger partial charge on any atom is 0.407 e. The molecule has 1 aromatic rings. The minimum Gasteiger partial charge on any atom is -0.492 e. The predicted octanol–water partition coefficient (Wildman–Crippen LogP) is 2.35. The average molecular weight is 309 g/mol. The maximum absolute atomic E-state index is 11.4. The van der Waals surface area contributed by atoms with Gasteiger partial charge in [0.1, 0.15) is 18.0 Å². The minimum absolute atomic E-state index is 0.227. The van der Waals surface area contributed by atoms with Crippen LogP contribution in [-0.2, 0) is 4.74 Å². The van der Waals surface area contributed by atoms with E-state index in [-0.39, 0.29) is 6.04 Å². The molecule has 0 fully saturated rings. The minimum atomic E-state index is -0.492. The Morgan fingerprint density at radius 1 is 1.27 bits per heavy atom. The van der Waals surface area contributed by atoms with Gasteiger partial charge in [0.15, 0.2) is 0 Å². The topological polar surface area (TPSA) is 85.6 Å². The largest absolute Gasteiger partial charge is 0.492 e. The van der Waals surface area contributed by atoms with Gasteiger partial charge in [-0.25, -0.2) is 4.79 Å². The van der Waals surface area contributed by atoms with Gasteiger partial charge in [0.25, 0.3) is 0 Å². The maximum atomic E-state index is 11.4. The molecule has 0 bridgehead atoms. The van der Waals surface area contributed by atoms with Crippen molar-refractivity contribution in [2.45, 2.75) is 39.3 Å². The standard InChI is InChI=1S/C16H27N3O3/c1-12(11-17)19-13-5-7-14(8-6-13)21-10-9-18-15(20)22-16(2,3)4/h5-8,12,19H,9-11,17H2,1-4H3,(H,18,20). The monoisotopic (exact) mass is 309 g/mol. The van der Waals surface area contributed by atoms with Gasteiger partial charge in [0.2, 0.25) is 0 Å². The molecule has 22 heavy (non-hydrogen) atoms. The molecule has 1 aromatic carbocycles. The Morgan fingerprint density at radius 2 is 1.91 bits per heavy atom. The number of hydrogen-bond acceptors (Lipinski definition) is 5. The molecule has 0 aliphatic carbocycles. The third-order valence-electron chi connectivity index (χ3n) is 2.66. The van der Waals surface area contributed by atoms with Crippen LogP contribution in [0.1, 0.15) is 27.7 Å². The van der Waals surface area contributed by atoms with E-state index in [0.29, 0.717) is 19.7 Å². The van der Waals surface area contributed by atoms with Crippen LogP contribution >= 0.6 is 0 Å². The van der Waals surface area contributed by atoms with Gasteiger partial charge in [-0.3, -0.25) is 0 Å². The van der Waals surface area contributed by atoms with E-state index in [1.807, 2.05) is 52.0 Å². The van der Waals surface area contributed by atoms with Crippen molar-refractivity contribution in [1.29, 1.82) is 0 Å². The van der Waals surface area contributed by atoms with E-state index in [4.69, 9.17) is 15.2 Å². The van der Waals surface area contributed by atoms with E-state index >= 15 is 0 Å². The second-order valence-corrected chi connectivity index (χ2v) is 6.08. The van der Waals surface area contributed by atoms with Crippen LogP contribution in [0.5, 0.6) is 5.75 Å². The summed E-state index contributed by atoms with van der Waals surface area (Å²) in [5.74, 6) is 0.747. The lowest BCUT2D eigenvalue weighted by molar-refractivity contribution is 0.0520. The summed E-state index contributed by atoms with van der Waals surface area (Å²) in [5, 5.41) is 5.91. The Hall–Kier alpha value is -1.95. The quantitative estimate of drug-likeness (QED) is 0.673. The van der Waals surface area contributed by atoms with Crippen molar-refractivity contribution >= 4 is 11.8 Å². The van der Waals surface area contributed by atoms with Crippen LogP contribution in [0.3, 0.4) is 0 Å². The zero-order chi connectivity index (χ0) is 16.6. The van der Waals surface area contributed by atoms with Crippen LogP contribution < -0.4 is 21.1 Å². The number of carbonyl (C=O) groups is 1. The van der Waals surface area contributed by atoms with Crippen molar-refractivity contribution in [1.82, 2.24) is 5.32 Å². The summed E-state index contributed by atoms with van der Waals surface area (Å²) in [6.45, 7) is 8.84. The molecule has 4 N–H and O–H groups in total. The van der Waals surface area contributed by atoms with Crippen LogP contribution in [0.25, 0.3) is 0 Å². The van der Waals surface area contributed by atoms with Crippen LogP contribution in [0.15, 0.2) is 24.3 Å². The second kappa shape index (κ2) is 8.48. The van der Waals surface area contributed by atoms with Crippen LogP contribution in [0.4, 0.5) is 10.5 Å². The normalized spacial score (nSPS) is 12.4. The zero-order valence-electron chi connectivity index (χ0n) is 13.8. The Bertz CT molecular complexity index is 455. The SMILES string of the molecule is CC(CN)Nc1ccc(OCCNC(=O)OC(C)(C)C)cc1. The second-order valence-electron chi connectivity index (χ2n) is 6.08. The van der Waals surface area contributed by atoms with E-state index < -0.39 is 11.7 Å². The van der Waals surface area contributed by atoms with Crippen molar-refractivity contribution in [3.8, 4) is 5.75 Å². The summed E-state index contributed by atoms with van der Waals surface area (Å²) in [4.78, 5) is 11.4. The summed E-state index contributed by atoms with van der Waals surface area (Å²) in [6.07, 6.45) is -0.438. The fourth-order valence-electron chi connectivity index (χ4n) is 1.63. The molecule has 0 aliphatic heterocycles. The molecule has 1 rings (SSSR count). The number of hydrogen-bond donors (Lipinski definition) is 3. The molecule has 1 amide bonds. The number of rotatable bonds is 7. The van der Waals surface area contributed by atoms with Gasteiger partial charge >= 0.3 is 6.09 Å². The Morgan fingerprint density at radius 3 is 2.45 bits per heavy atom. The number of nitrogens with two attached hydrogens (primary N) is 1. The van der Waals surface area contributed by atoms with Crippen molar-refractivity contribution in [2.24, 2.45) is 5.73 Å².